The molecule has 0 saturated carbocycles. The van der Waals surface area contributed by atoms with Gasteiger partial charge in [0, 0.05) is 10.5 Å². The first-order valence-electron chi connectivity index (χ1n) is 6.94. The van der Waals surface area contributed by atoms with Gasteiger partial charge in [0.25, 0.3) is 10.0 Å². The van der Waals surface area contributed by atoms with Gasteiger partial charge in [0.1, 0.15) is 11.8 Å². The Morgan fingerprint density at radius 1 is 1.21 bits per heavy atom. The molecule has 0 aromatic heterocycles. The van der Waals surface area contributed by atoms with Crippen molar-refractivity contribution in [2.45, 2.75) is 17.9 Å². The summed E-state index contributed by atoms with van der Waals surface area (Å²) < 4.78 is 32.7. The number of methoxy groups -OCH3 is 1. The van der Waals surface area contributed by atoms with E-state index in [0.717, 1.165) is 8.78 Å². The lowest BCUT2D eigenvalue weighted by Gasteiger charge is -2.28. The maximum absolute atomic E-state index is 13.0. The molecule has 1 N–H and O–H groups in total. The van der Waals surface area contributed by atoms with Crippen molar-refractivity contribution < 1.29 is 23.1 Å². The summed E-state index contributed by atoms with van der Waals surface area (Å²) in [5.74, 6) is -0.820. The Kier molecular flexibility index (Phi) is 5.51. The number of nitrogens with zero attached hydrogens (tertiary/aromatic N) is 1. The monoisotopic (exact) mass is 413 g/mol. The number of benzene rings is 2. The van der Waals surface area contributed by atoms with Crippen molar-refractivity contribution in [3.63, 3.8) is 0 Å². The summed E-state index contributed by atoms with van der Waals surface area (Å²) in [5, 5.41) is 9.35. The van der Waals surface area contributed by atoms with Crippen LogP contribution in [0.15, 0.2) is 57.9 Å². The summed E-state index contributed by atoms with van der Waals surface area (Å²) in [6.45, 7) is 1.32. The van der Waals surface area contributed by atoms with Crippen LogP contribution in [0.2, 0.25) is 0 Å². The Balaban J connectivity index is 2.61. The van der Waals surface area contributed by atoms with Gasteiger partial charge in [0.05, 0.1) is 17.7 Å². The number of aliphatic carboxylic acids is 1. The van der Waals surface area contributed by atoms with Crippen molar-refractivity contribution in [2.75, 3.05) is 11.4 Å². The zero-order valence-corrected chi connectivity index (χ0v) is 15.4. The lowest BCUT2D eigenvalue weighted by atomic mass is 10.2. The molecule has 0 bridgehead atoms. The molecule has 0 saturated heterocycles. The van der Waals surface area contributed by atoms with Crippen LogP contribution in [-0.2, 0) is 14.8 Å². The van der Waals surface area contributed by atoms with E-state index in [1.165, 1.54) is 38.3 Å². The van der Waals surface area contributed by atoms with Crippen molar-refractivity contribution in [2.24, 2.45) is 0 Å². The number of carbonyl (C=O) groups is 1. The van der Waals surface area contributed by atoms with E-state index in [-0.39, 0.29) is 10.6 Å². The Bertz CT molecular complexity index is 836. The lowest BCUT2D eigenvalue weighted by Crippen LogP contribution is -2.43. The molecule has 0 fully saturated rings. The van der Waals surface area contributed by atoms with Crippen LogP contribution in [0, 0.1) is 0 Å². The fourth-order valence-corrected chi connectivity index (χ4v) is 4.01. The van der Waals surface area contributed by atoms with Crippen LogP contribution in [0.4, 0.5) is 5.69 Å². The molecule has 0 aliphatic heterocycles. The van der Waals surface area contributed by atoms with Crippen LogP contribution < -0.4 is 9.04 Å². The van der Waals surface area contributed by atoms with Crippen LogP contribution in [0.3, 0.4) is 0 Å². The third kappa shape index (κ3) is 3.70. The van der Waals surface area contributed by atoms with Crippen molar-refractivity contribution in [3.8, 4) is 5.75 Å². The van der Waals surface area contributed by atoms with E-state index >= 15 is 0 Å². The highest BCUT2D eigenvalue weighted by molar-refractivity contribution is 9.10. The molecule has 0 radical (unpaired) electrons. The molecule has 0 amide bonds. The number of rotatable bonds is 6. The van der Waals surface area contributed by atoms with Gasteiger partial charge in [-0.05, 0) is 43.3 Å². The van der Waals surface area contributed by atoms with E-state index in [9.17, 15) is 18.3 Å². The molecule has 0 aliphatic rings. The Morgan fingerprint density at radius 2 is 1.83 bits per heavy atom. The molecule has 0 heterocycles. The fourth-order valence-electron chi connectivity index (χ4n) is 2.14. The third-order valence-corrected chi connectivity index (χ3v) is 5.83. The van der Waals surface area contributed by atoms with Crippen LogP contribution in [0.25, 0.3) is 0 Å². The quantitative estimate of drug-likeness (QED) is 0.785. The van der Waals surface area contributed by atoms with E-state index in [2.05, 4.69) is 15.9 Å². The van der Waals surface area contributed by atoms with Gasteiger partial charge in [-0.25, -0.2) is 13.2 Å². The summed E-state index contributed by atoms with van der Waals surface area (Å²) in [6.07, 6.45) is 0. The summed E-state index contributed by atoms with van der Waals surface area (Å²) in [7, 11) is -2.61. The minimum absolute atomic E-state index is 0.00150. The maximum atomic E-state index is 13.0. The normalized spacial score (nSPS) is 12.5. The second-order valence-corrected chi connectivity index (χ2v) is 7.70. The highest BCUT2D eigenvalue weighted by atomic mass is 79.9. The van der Waals surface area contributed by atoms with E-state index in [4.69, 9.17) is 4.74 Å². The average Bonchev–Trinajstić information content (AvgIpc) is 2.55. The van der Waals surface area contributed by atoms with Crippen molar-refractivity contribution >= 4 is 37.6 Å². The van der Waals surface area contributed by atoms with E-state index in [1.54, 1.807) is 24.3 Å². The predicted molar refractivity (Wildman–Crippen MR) is 93.9 cm³/mol. The average molecular weight is 414 g/mol. The number of hydrogen-bond acceptors (Lipinski definition) is 4. The van der Waals surface area contributed by atoms with Crippen LogP contribution >= 0.6 is 15.9 Å². The first-order chi connectivity index (χ1) is 11.3. The van der Waals surface area contributed by atoms with Gasteiger partial charge < -0.3 is 9.84 Å². The van der Waals surface area contributed by atoms with Gasteiger partial charge in [-0.1, -0.05) is 22.0 Å². The highest BCUT2D eigenvalue weighted by Gasteiger charge is 2.33. The SMILES string of the molecule is COc1cccc(N(C(C)C(=O)O)S(=O)(=O)c2ccc(Br)cc2)c1. The van der Waals surface area contributed by atoms with Crippen LogP contribution in [-0.4, -0.2) is 32.6 Å². The summed E-state index contributed by atoms with van der Waals surface area (Å²) in [4.78, 5) is 11.5. The number of carboxylic acids is 1. The molecule has 1 unspecified atom stereocenters. The van der Waals surface area contributed by atoms with Crippen LogP contribution in [0.1, 0.15) is 6.92 Å². The lowest BCUT2D eigenvalue weighted by molar-refractivity contribution is -0.137. The summed E-state index contributed by atoms with van der Waals surface area (Å²) >= 11 is 3.25. The second kappa shape index (κ2) is 7.23. The second-order valence-electron chi connectivity index (χ2n) is 4.97. The fraction of sp³-hybridized carbons (Fsp3) is 0.188. The van der Waals surface area contributed by atoms with Gasteiger partial charge >= 0.3 is 5.97 Å². The molecule has 2 rings (SSSR count). The Hall–Kier alpha value is -2.06. The third-order valence-electron chi connectivity index (χ3n) is 3.39. The summed E-state index contributed by atoms with van der Waals surface area (Å²) in [5.41, 5.74) is 0.215. The molecule has 1 atom stereocenters. The first-order valence-corrected chi connectivity index (χ1v) is 9.17. The van der Waals surface area contributed by atoms with Gasteiger partial charge in [-0.2, -0.15) is 0 Å². The number of hydrogen-bond donors (Lipinski definition) is 1. The molecule has 128 valence electrons. The minimum Gasteiger partial charge on any atom is -0.497 e. The van der Waals surface area contributed by atoms with Gasteiger partial charge in [-0.3, -0.25) is 4.31 Å². The highest BCUT2D eigenvalue weighted by Crippen LogP contribution is 2.29. The summed E-state index contributed by atoms with van der Waals surface area (Å²) in [6, 6.07) is 11.0. The zero-order chi connectivity index (χ0) is 17.9. The molecule has 8 heteroatoms. The molecule has 2 aromatic rings. The molecule has 24 heavy (non-hydrogen) atoms. The number of anilines is 1. The smallest absolute Gasteiger partial charge is 0.327 e. The van der Waals surface area contributed by atoms with E-state index in [1.807, 2.05) is 0 Å². The zero-order valence-electron chi connectivity index (χ0n) is 13.0. The Morgan fingerprint density at radius 3 is 2.38 bits per heavy atom. The topological polar surface area (TPSA) is 83.9 Å². The van der Waals surface area contributed by atoms with Crippen molar-refractivity contribution in [3.05, 3.63) is 53.0 Å². The number of ether oxygens (including phenoxy) is 1. The molecule has 2 aromatic carbocycles. The number of halogens is 1. The standard InChI is InChI=1S/C16H16BrNO5S/c1-11(16(19)20)18(13-4-3-5-14(10-13)23-2)24(21,22)15-8-6-12(17)7-9-15/h3-11H,1-2H3,(H,19,20). The van der Waals surface area contributed by atoms with Crippen molar-refractivity contribution in [1.29, 1.82) is 0 Å². The molecule has 0 aliphatic carbocycles. The predicted octanol–water partition coefficient (Wildman–Crippen LogP) is 3.13. The largest absolute Gasteiger partial charge is 0.497 e. The first kappa shape index (κ1) is 18.3. The van der Waals surface area contributed by atoms with E-state index in [0.29, 0.717) is 5.75 Å². The van der Waals surface area contributed by atoms with Gasteiger partial charge in [-0.15, -0.1) is 0 Å². The van der Waals surface area contributed by atoms with Gasteiger partial charge in [0.2, 0.25) is 0 Å². The minimum atomic E-state index is -4.06. The Labute approximate surface area is 148 Å². The molecular weight excluding hydrogens is 398 g/mol. The molecule has 6 nitrogen and oxygen atoms in total. The van der Waals surface area contributed by atoms with E-state index < -0.39 is 22.0 Å². The van der Waals surface area contributed by atoms with Crippen molar-refractivity contribution in [1.82, 2.24) is 0 Å². The molecule has 0 spiro atoms. The van der Waals surface area contributed by atoms with Gasteiger partial charge in [0.15, 0.2) is 0 Å². The maximum Gasteiger partial charge on any atom is 0.327 e. The van der Waals surface area contributed by atoms with Crippen LogP contribution in [0.5, 0.6) is 5.75 Å². The molecular formula is C16H16BrNO5S. The number of sulfonamides is 1. The number of carboxylic acid groups (broad SMARTS) is 1.